The van der Waals surface area contributed by atoms with Crippen LogP contribution in [0, 0.1) is 5.92 Å². The number of para-hydroxylation sites is 2. The van der Waals surface area contributed by atoms with E-state index >= 15 is 0 Å². The van der Waals surface area contributed by atoms with Crippen LogP contribution in [-0.2, 0) is 24.5 Å². The minimum absolute atomic E-state index is 0.00933. The van der Waals surface area contributed by atoms with Gasteiger partial charge >= 0.3 is 10.1 Å². The number of amides is 2. The molecule has 0 radical (unpaired) electrons. The van der Waals surface area contributed by atoms with Crippen molar-refractivity contribution in [3.8, 4) is 11.5 Å². The Bertz CT molecular complexity index is 1700. The molecule has 2 amide bonds. The maximum Gasteiger partial charge on any atom is 0.339 e. The Morgan fingerprint density at radius 3 is 2.10 bits per heavy atom. The quantitative estimate of drug-likeness (QED) is 0.193. The van der Waals surface area contributed by atoms with Crippen molar-refractivity contribution in [3.05, 3.63) is 115 Å². The third-order valence-electron chi connectivity index (χ3n) is 7.16. The van der Waals surface area contributed by atoms with Crippen molar-refractivity contribution in [2.45, 2.75) is 30.4 Å². The van der Waals surface area contributed by atoms with Gasteiger partial charge in [-0.15, -0.1) is 0 Å². The SMILES string of the molecule is CCCOc1ccc(N2C(=O)[C@@H]3[C@@H](ON(c4ccccc4)[C@H]3c3ccccc3OS(=O)(=O)c3ccccc3)C2=O)cc1. The van der Waals surface area contributed by atoms with E-state index in [1.807, 2.05) is 25.1 Å². The van der Waals surface area contributed by atoms with Crippen molar-refractivity contribution in [2.75, 3.05) is 16.6 Å². The lowest BCUT2D eigenvalue weighted by Gasteiger charge is -2.29. The second kappa shape index (κ2) is 11.3. The van der Waals surface area contributed by atoms with E-state index in [2.05, 4.69) is 0 Å². The molecule has 9 nitrogen and oxygen atoms in total. The average Bonchev–Trinajstić information content (AvgIpc) is 3.52. The molecule has 214 valence electrons. The molecule has 2 heterocycles. The number of carbonyl (C=O) groups excluding carboxylic acids is 2. The number of anilines is 2. The highest BCUT2D eigenvalue weighted by molar-refractivity contribution is 7.87. The Morgan fingerprint density at radius 1 is 0.762 bits per heavy atom. The summed E-state index contributed by atoms with van der Waals surface area (Å²) >= 11 is 0. The molecule has 2 fully saturated rings. The largest absolute Gasteiger partial charge is 0.494 e. The van der Waals surface area contributed by atoms with Crippen molar-refractivity contribution < 1.29 is 31.8 Å². The van der Waals surface area contributed by atoms with E-state index in [9.17, 15) is 18.0 Å². The summed E-state index contributed by atoms with van der Waals surface area (Å²) < 4.78 is 37.7. The third kappa shape index (κ3) is 4.99. The zero-order valence-electron chi connectivity index (χ0n) is 22.7. The van der Waals surface area contributed by atoms with Crippen LogP contribution in [0.5, 0.6) is 11.5 Å². The highest BCUT2D eigenvalue weighted by Gasteiger charge is 2.60. The lowest BCUT2D eigenvalue weighted by Crippen LogP contribution is -2.37. The molecular formula is C32H28N2O7S. The standard InChI is InChI=1S/C32H28N2O7S/c1-2-21-39-24-19-17-22(18-20-24)33-31(35)28-29(34(40-30(28)32(33)36)23-11-5-3-6-12-23)26-15-9-10-16-27(26)41-42(37,38)25-13-7-4-8-14-25/h3-20,28-30H,2,21H2,1H3/t28-,29-,30+/m0/s1. The van der Waals surface area contributed by atoms with Gasteiger partial charge in [-0.05, 0) is 61.0 Å². The second-order valence-corrected chi connectivity index (χ2v) is 11.4. The Hall–Kier alpha value is -4.67. The fourth-order valence-corrected chi connectivity index (χ4v) is 6.22. The van der Waals surface area contributed by atoms with E-state index < -0.39 is 40.0 Å². The number of carbonyl (C=O) groups is 2. The minimum atomic E-state index is -4.19. The molecule has 2 aliphatic rings. The number of ether oxygens (including phenoxy) is 1. The molecule has 0 N–H and O–H groups in total. The maximum atomic E-state index is 14.0. The predicted molar refractivity (Wildman–Crippen MR) is 155 cm³/mol. The fraction of sp³-hybridized carbons (Fsp3) is 0.188. The summed E-state index contributed by atoms with van der Waals surface area (Å²) in [5.41, 5.74) is 1.38. The maximum absolute atomic E-state index is 14.0. The lowest BCUT2D eigenvalue weighted by molar-refractivity contribution is -0.126. The molecule has 0 bridgehead atoms. The Kier molecular flexibility index (Phi) is 7.40. The van der Waals surface area contributed by atoms with Crippen LogP contribution in [0.1, 0.15) is 24.9 Å². The van der Waals surface area contributed by atoms with E-state index in [0.717, 1.165) is 11.3 Å². The van der Waals surface area contributed by atoms with Gasteiger partial charge < -0.3 is 8.92 Å². The summed E-state index contributed by atoms with van der Waals surface area (Å²) in [6.45, 7) is 2.56. The van der Waals surface area contributed by atoms with Gasteiger partial charge in [0.05, 0.1) is 24.0 Å². The van der Waals surface area contributed by atoms with Gasteiger partial charge in [-0.1, -0.05) is 61.5 Å². The summed E-state index contributed by atoms with van der Waals surface area (Å²) in [6, 6.07) is 29.3. The van der Waals surface area contributed by atoms with Crippen molar-refractivity contribution in [3.63, 3.8) is 0 Å². The first-order valence-corrected chi connectivity index (χ1v) is 15.0. The smallest absolute Gasteiger partial charge is 0.339 e. The molecule has 2 saturated heterocycles. The highest BCUT2D eigenvalue weighted by Crippen LogP contribution is 2.49. The monoisotopic (exact) mass is 584 g/mol. The Morgan fingerprint density at radius 2 is 1.40 bits per heavy atom. The number of benzene rings is 4. The number of hydrogen-bond acceptors (Lipinski definition) is 8. The number of fused-ring (bicyclic) bond motifs is 1. The molecule has 42 heavy (non-hydrogen) atoms. The number of nitrogens with zero attached hydrogens (tertiary/aromatic N) is 2. The Labute approximate surface area is 243 Å². The summed E-state index contributed by atoms with van der Waals surface area (Å²) in [5, 5.41) is 1.50. The van der Waals surface area contributed by atoms with Gasteiger partial charge in [0, 0.05) is 5.56 Å². The molecule has 0 unspecified atom stereocenters. The van der Waals surface area contributed by atoms with E-state index in [0.29, 0.717) is 29.3 Å². The van der Waals surface area contributed by atoms with Gasteiger partial charge in [0.2, 0.25) is 5.91 Å². The molecule has 4 aromatic rings. The highest BCUT2D eigenvalue weighted by atomic mass is 32.2. The molecule has 0 saturated carbocycles. The van der Waals surface area contributed by atoms with Gasteiger partial charge in [0.25, 0.3) is 5.91 Å². The number of hydroxylamine groups is 1. The van der Waals surface area contributed by atoms with Crippen LogP contribution in [0.2, 0.25) is 0 Å². The first-order chi connectivity index (χ1) is 20.4. The van der Waals surface area contributed by atoms with Gasteiger partial charge in [0.15, 0.2) is 6.10 Å². The molecule has 0 aromatic heterocycles. The number of imide groups is 1. The van der Waals surface area contributed by atoms with Crippen LogP contribution in [0.3, 0.4) is 0 Å². The molecular weight excluding hydrogens is 556 g/mol. The zero-order chi connectivity index (χ0) is 29.3. The number of hydrogen-bond donors (Lipinski definition) is 0. The molecule has 6 rings (SSSR count). The fourth-order valence-electron chi connectivity index (χ4n) is 5.25. The van der Waals surface area contributed by atoms with E-state index in [1.165, 1.54) is 23.3 Å². The molecule has 4 aromatic carbocycles. The normalized spacial score (nSPS) is 20.1. The first kappa shape index (κ1) is 27.5. The average molecular weight is 585 g/mol. The van der Waals surface area contributed by atoms with Crippen molar-refractivity contribution in [2.24, 2.45) is 5.92 Å². The summed E-state index contributed by atoms with van der Waals surface area (Å²) in [5.74, 6) is -1.28. The van der Waals surface area contributed by atoms with Gasteiger partial charge in [-0.2, -0.15) is 8.42 Å². The zero-order valence-corrected chi connectivity index (χ0v) is 23.5. The van der Waals surface area contributed by atoms with Gasteiger partial charge in [-0.3, -0.25) is 14.4 Å². The molecule has 0 aliphatic carbocycles. The summed E-state index contributed by atoms with van der Waals surface area (Å²) in [7, 11) is -4.19. The molecule has 3 atom stereocenters. The molecule has 0 spiro atoms. The Balaban J connectivity index is 1.39. The van der Waals surface area contributed by atoms with Crippen LogP contribution in [0.25, 0.3) is 0 Å². The predicted octanol–water partition coefficient (Wildman–Crippen LogP) is 5.29. The summed E-state index contributed by atoms with van der Waals surface area (Å²) in [6.07, 6.45) is -0.277. The van der Waals surface area contributed by atoms with Crippen LogP contribution < -0.4 is 18.9 Å². The summed E-state index contributed by atoms with van der Waals surface area (Å²) in [4.78, 5) is 35.1. The van der Waals surface area contributed by atoms with E-state index in [4.69, 9.17) is 13.8 Å². The van der Waals surface area contributed by atoms with Crippen molar-refractivity contribution >= 4 is 33.3 Å². The van der Waals surface area contributed by atoms with Crippen LogP contribution in [-0.4, -0.2) is 32.9 Å². The van der Waals surface area contributed by atoms with E-state index in [1.54, 1.807) is 72.8 Å². The van der Waals surface area contributed by atoms with Crippen LogP contribution in [0.15, 0.2) is 114 Å². The lowest BCUT2D eigenvalue weighted by atomic mass is 9.90. The number of rotatable bonds is 9. The topological polar surface area (TPSA) is 102 Å². The van der Waals surface area contributed by atoms with Crippen LogP contribution in [0.4, 0.5) is 11.4 Å². The van der Waals surface area contributed by atoms with Gasteiger partial charge in [0.1, 0.15) is 22.3 Å². The second-order valence-electron chi connectivity index (χ2n) is 9.90. The van der Waals surface area contributed by atoms with Crippen LogP contribution >= 0.6 is 0 Å². The van der Waals surface area contributed by atoms with Crippen molar-refractivity contribution in [1.29, 1.82) is 0 Å². The van der Waals surface area contributed by atoms with E-state index in [-0.39, 0.29) is 10.6 Å². The molecule has 2 aliphatic heterocycles. The first-order valence-electron chi connectivity index (χ1n) is 13.6. The molecule has 10 heteroatoms. The van der Waals surface area contributed by atoms with Crippen molar-refractivity contribution in [1.82, 2.24) is 0 Å². The minimum Gasteiger partial charge on any atom is -0.494 e. The van der Waals surface area contributed by atoms with Gasteiger partial charge in [-0.25, -0.2) is 9.96 Å². The third-order valence-corrected chi connectivity index (χ3v) is 8.41.